The van der Waals surface area contributed by atoms with Gasteiger partial charge < -0.3 is 10.1 Å². The largest absolute Gasteiger partial charge is 0.481 e. The van der Waals surface area contributed by atoms with Crippen LogP contribution in [-0.2, 0) is 11.3 Å². The molecule has 1 fully saturated rings. The van der Waals surface area contributed by atoms with Crippen molar-refractivity contribution in [2.24, 2.45) is 11.8 Å². The van der Waals surface area contributed by atoms with Gasteiger partial charge in [-0.2, -0.15) is 0 Å². The molecule has 2 atom stereocenters. The van der Waals surface area contributed by atoms with Gasteiger partial charge >= 0.3 is 0 Å². The molecule has 0 spiro atoms. The lowest BCUT2D eigenvalue weighted by Gasteiger charge is -2.08. The van der Waals surface area contributed by atoms with E-state index in [4.69, 9.17) is 4.74 Å². The third-order valence-corrected chi connectivity index (χ3v) is 2.94. The second kappa shape index (κ2) is 4.51. The van der Waals surface area contributed by atoms with E-state index in [0.717, 1.165) is 12.0 Å². The van der Waals surface area contributed by atoms with Crippen molar-refractivity contribution in [3.8, 4) is 5.88 Å². The minimum absolute atomic E-state index is 0.137. The summed E-state index contributed by atoms with van der Waals surface area (Å²) in [5.41, 5.74) is 0.909. The van der Waals surface area contributed by atoms with Gasteiger partial charge in [0.05, 0.1) is 7.11 Å². The van der Waals surface area contributed by atoms with Crippen LogP contribution in [0.5, 0.6) is 5.88 Å². The first-order valence-corrected chi connectivity index (χ1v) is 5.48. The van der Waals surface area contributed by atoms with Crippen molar-refractivity contribution in [2.75, 3.05) is 7.11 Å². The molecule has 1 aliphatic carbocycles. The van der Waals surface area contributed by atoms with E-state index in [9.17, 15) is 4.79 Å². The van der Waals surface area contributed by atoms with Crippen molar-refractivity contribution < 1.29 is 9.53 Å². The van der Waals surface area contributed by atoms with Gasteiger partial charge in [-0.05, 0) is 18.4 Å². The number of nitrogens with zero attached hydrogens (tertiary/aromatic N) is 1. The van der Waals surface area contributed by atoms with E-state index in [-0.39, 0.29) is 11.8 Å². The van der Waals surface area contributed by atoms with E-state index in [2.05, 4.69) is 17.2 Å². The van der Waals surface area contributed by atoms with Crippen LogP contribution in [0, 0.1) is 11.8 Å². The van der Waals surface area contributed by atoms with E-state index in [1.54, 1.807) is 13.3 Å². The molecule has 1 heterocycles. The smallest absolute Gasteiger partial charge is 0.223 e. The number of nitrogens with one attached hydrogen (secondary N) is 1. The monoisotopic (exact) mass is 220 g/mol. The van der Waals surface area contributed by atoms with Crippen molar-refractivity contribution in [3.63, 3.8) is 0 Å². The van der Waals surface area contributed by atoms with E-state index in [1.807, 2.05) is 12.1 Å². The van der Waals surface area contributed by atoms with Gasteiger partial charge in [-0.15, -0.1) is 0 Å². The summed E-state index contributed by atoms with van der Waals surface area (Å²) in [4.78, 5) is 15.7. The highest BCUT2D eigenvalue weighted by Gasteiger charge is 2.38. The van der Waals surface area contributed by atoms with Crippen LogP contribution in [0.15, 0.2) is 18.3 Å². The Hall–Kier alpha value is -1.58. The topological polar surface area (TPSA) is 51.2 Å². The number of hydrogen-bond donors (Lipinski definition) is 1. The maximum absolute atomic E-state index is 11.6. The third-order valence-electron chi connectivity index (χ3n) is 2.94. The predicted octanol–water partition coefficient (Wildman–Crippen LogP) is 1.36. The Bertz CT molecular complexity index is 392. The lowest BCUT2D eigenvalue weighted by Crippen LogP contribution is -2.25. The van der Waals surface area contributed by atoms with Crippen LogP contribution in [-0.4, -0.2) is 18.0 Å². The van der Waals surface area contributed by atoms with E-state index in [0.29, 0.717) is 18.3 Å². The summed E-state index contributed by atoms with van der Waals surface area (Å²) >= 11 is 0. The molecular weight excluding hydrogens is 204 g/mol. The summed E-state index contributed by atoms with van der Waals surface area (Å²) in [6.45, 7) is 2.58. The number of aromatic nitrogens is 1. The first-order chi connectivity index (χ1) is 7.72. The van der Waals surface area contributed by atoms with Crippen molar-refractivity contribution in [2.45, 2.75) is 19.9 Å². The Morgan fingerprint density at radius 2 is 2.44 bits per heavy atom. The third kappa shape index (κ3) is 2.32. The number of amides is 1. The number of hydrogen-bond acceptors (Lipinski definition) is 3. The standard InChI is InChI=1S/C12H16N2O2/c1-8-6-10(8)11(15)14-7-9-4-3-5-13-12(9)16-2/h3-5,8,10H,6-7H2,1-2H3,(H,14,15). The van der Waals surface area contributed by atoms with Gasteiger partial charge in [0.15, 0.2) is 0 Å². The Balaban J connectivity index is 1.91. The van der Waals surface area contributed by atoms with Crippen LogP contribution in [0.4, 0.5) is 0 Å². The van der Waals surface area contributed by atoms with Crippen LogP contribution in [0.1, 0.15) is 18.9 Å². The van der Waals surface area contributed by atoms with Crippen molar-refractivity contribution >= 4 is 5.91 Å². The molecule has 4 heteroatoms. The molecule has 2 unspecified atom stereocenters. The van der Waals surface area contributed by atoms with Crippen LogP contribution >= 0.6 is 0 Å². The number of methoxy groups -OCH3 is 1. The first-order valence-electron chi connectivity index (χ1n) is 5.48. The average Bonchev–Trinajstić information content (AvgIpc) is 3.04. The van der Waals surface area contributed by atoms with Crippen LogP contribution in [0.25, 0.3) is 0 Å². The van der Waals surface area contributed by atoms with Gasteiger partial charge in [-0.1, -0.05) is 13.0 Å². The summed E-state index contributed by atoms with van der Waals surface area (Å²) in [5.74, 6) is 1.46. The summed E-state index contributed by atoms with van der Waals surface area (Å²) in [7, 11) is 1.58. The second-order valence-corrected chi connectivity index (χ2v) is 4.21. The zero-order valence-corrected chi connectivity index (χ0v) is 9.56. The minimum Gasteiger partial charge on any atom is -0.481 e. The SMILES string of the molecule is COc1ncccc1CNC(=O)C1CC1C. The molecule has 0 aliphatic heterocycles. The second-order valence-electron chi connectivity index (χ2n) is 4.21. The summed E-state index contributed by atoms with van der Waals surface area (Å²) in [6.07, 6.45) is 2.68. The summed E-state index contributed by atoms with van der Waals surface area (Å²) in [5, 5.41) is 2.91. The van der Waals surface area contributed by atoms with Gasteiger partial charge in [0.2, 0.25) is 11.8 Å². The summed E-state index contributed by atoms with van der Waals surface area (Å²) < 4.78 is 5.11. The zero-order valence-electron chi connectivity index (χ0n) is 9.56. The van der Waals surface area contributed by atoms with Gasteiger partial charge in [0, 0.05) is 24.2 Å². The van der Waals surface area contributed by atoms with Crippen LogP contribution < -0.4 is 10.1 Å². The molecule has 4 nitrogen and oxygen atoms in total. The van der Waals surface area contributed by atoms with E-state index >= 15 is 0 Å². The molecular formula is C12H16N2O2. The molecule has 0 aromatic carbocycles. The fourth-order valence-corrected chi connectivity index (χ4v) is 1.74. The molecule has 16 heavy (non-hydrogen) atoms. The maximum atomic E-state index is 11.6. The molecule has 1 saturated carbocycles. The molecule has 86 valence electrons. The maximum Gasteiger partial charge on any atom is 0.223 e. The average molecular weight is 220 g/mol. The number of carbonyl (C=O) groups is 1. The normalized spacial score (nSPS) is 22.6. The molecule has 2 rings (SSSR count). The van der Waals surface area contributed by atoms with Gasteiger partial charge in [-0.3, -0.25) is 4.79 Å². The Morgan fingerprint density at radius 3 is 3.06 bits per heavy atom. The quantitative estimate of drug-likeness (QED) is 0.833. The van der Waals surface area contributed by atoms with E-state index < -0.39 is 0 Å². The molecule has 1 aromatic heterocycles. The highest BCUT2D eigenvalue weighted by molar-refractivity contribution is 5.81. The Morgan fingerprint density at radius 1 is 1.69 bits per heavy atom. The molecule has 0 radical (unpaired) electrons. The fraction of sp³-hybridized carbons (Fsp3) is 0.500. The number of carbonyl (C=O) groups excluding carboxylic acids is 1. The molecule has 1 aromatic rings. The van der Waals surface area contributed by atoms with Crippen molar-refractivity contribution in [1.29, 1.82) is 0 Å². The molecule has 1 aliphatic rings. The predicted molar refractivity (Wildman–Crippen MR) is 59.9 cm³/mol. The lowest BCUT2D eigenvalue weighted by molar-refractivity contribution is -0.122. The van der Waals surface area contributed by atoms with Gasteiger partial charge in [-0.25, -0.2) is 4.98 Å². The van der Waals surface area contributed by atoms with Crippen LogP contribution in [0.3, 0.4) is 0 Å². The highest BCUT2D eigenvalue weighted by Crippen LogP contribution is 2.37. The van der Waals surface area contributed by atoms with Crippen LogP contribution in [0.2, 0.25) is 0 Å². The minimum atomic E-state index is 0.137. The van der Waals surface area contributed by atoms with Gasteiger partial charge in [0.25, 0.3) is 0 Å². The molecule has 0 bridgehead atoms. The zero-order chi connectivity index (χ0) is 11.5. The number of ether oxygens (including phenoxy) is 1. The Labute approximate surface area is 95.0 Å². The number of pyridine rings is 1. The Kier molecular flexibility index (Phi) is 3.08. The van der Waals surface area contributed by atoms with Crippen molar-refractivity contribution in [1.82, 2.24) is 10.3 Å². The van der Waals surface area contributed by atoms with Crippen molar-refractivity contribution in [3.05, 3.63) is 23.9 Å². The number of rotatable bonds is 4. The highest BCUT2D eigenvalue weighted by atomic mass is 16.5. The van der Waals surface area contributed by atoms with E-state index in [1.165, 1.54) is 0 Å². The molecule has 0 saturated heterocycles. The first kappa shape index (κ1) is 10.9. The fourth-order valence-electron chi connectivity index (χ4n) is 1.74. The van der Waals surface area contributed by atoms with Gasteiger partial charge in [0.1, 0.15) is 0 Å². The summed E-state index contributed by atoms with van der Waals surface area (Å²) in [6, 6.07) is 3.74. The molecule has 1 amide bonds. The molecule has 1 N–H and O–H groups in total. The lowest BCUT2D eigenvalue weighted by atomic mass is 10.2.